The molecule has 0 spiro atoms. The summed E-state index contributed by atoms with van der Waals surface area (Å²) in [7, 11) is 0. The summed E-state index contributed by atoms with van der Waals surface area (Å²) in [6.45, 7) is 1.39. The molecule has 2 aromatic rings. The highest BCUT2D eigenvalue weighted by Gasteiger charge is 2.37. The van der Waals surface area contributed by atoms with Crippen molar-refractivity contribution in [3.05, 3.63) is 70.3 Å². The molecule has 14 heteroatoms. The molecule has 0 unspecified atom stereocenters. The van der Waals surface area contributed by atoms with Crippen LogP contribution in [0.1, 0.15) is 25.3 Å². The van der Waals surface area contributed by atoms with Gasteiger partial charge in [0.15, 0.2) is 5.96 Å². The van der Waals surface area contributed by atoms with Crippen LogP contribution in [0.15, 0.2) is 59.6 Å². The van der Waals surface area contributed by atoms with Gasteiger partial charge in [0, 0.05) is 24.4 Å². The van der Waals surface area contributed by atoms with Crippen molar-refractivity contribution in [2.45, 2.75) is 38.5 Å². The van der Waals surface area contributed by atoms with E-state index in [0.29, 0.717) is 10.5 Å². The number of hydrogen-bond donors (Lipinski definition) is 4. The predicted molar refractivity (Wildman–Crippen MR) is 140 cm³/mol. The van der Waals surface area contributed by atoms with Crippen molar-refractivity contribution < 1.29 is 24.0 Å². The molecule has 2 aromatic carbocycles. The van der Waals surface area contributed by atoms with Crippen molar-refractivity contribution in [3.63, 3.8) is 0 Å². The molecule has 0 aliphatic rings. The number of nitrogens with zero attached hydrogens (tertiary/aromatic N) is 3. The molecule has 13 nitrogen and oxygen atoms in total. The van der Waals surface area contributed by atoms with E-state index in [9.17, 15) is 24.5 Å². The van der Waals surface area contributed by atoms with E-state index in [-0.39, 0.29) is 55.7 Å². The number of rotatable bonds is 11. The highest BCUT2D eigenvalue weighted by Crippen LogP contribution is 2.19. The summed E-state index contributed by atoms with van der Waals surface area (Å²) >= 11 is 0. The third kappa shape index (κ3) is 9.74. The van der Waals surface area contributed by atoms with Crippen LogP contribution in [0.5, 0.6) is 0 Å². The zero-order valence-electron chi connectivity index (χ0n) is 20.1. The third-order valence-electron chi connectivity index (χ3n) is 4.92. The third-order valence-corrected chi connectivity index (χ3v) is 4.92. The maximum absolute atomic E-state index is 13.2. The number of hydrogen-bond acceptors (Lipinski definition) is 8. The lowest BCUT2D eigenvalue weighted by Gasteiger charge is -2.29. The smallest absolute Gasteiger partial charge is 0.417 e. The van der Waals surface area contributed by atoms with Crippen LogP contribution in [0.4, 0.5) is 16.2 Å². The second-order valence-electron chi connectivity index (χ2n) is 7.79. The van der Waals surface area contributed by atoms with Gasteiger partial charge in [0.25, 0.3) is 5.69 Å². The van der Waals surface area contributed by atoms with Crippen LogP contribution in [-0.2, 0) is 20.9 Å². The molecule has 0 bridgehead atoms. The van der Waals surface area contributed by atoms with E-state index in [4.69, 9.17) is 21.9 Å². The maximum Gasteiger partial charge on any atom is 0.417 e. The number of benzene rings is 2. The number of anilines is 1. The number of halogens is 1. The molecule has 2 rings (SSSR count). The molecule has 7 N–H and O–H groups in total. The molecule has 0 saturated heterocycles. The molecular formula is C23H30ClN7O6. The molecule has 0 heterocycles. The zero-order valence-corrected chi connectivity index (χ0v) is 20.9. The van der Waals surface area contributed by atoms with Crippen LogP contribution in [-0.4, -0.2) is 52.3 Å². The van der Waals surface area contributed by atoms with E-state index in [2.05, 4.69) is 10.3 Å². The van der Waals surface area contributed by atoms with Gasteiger partial charge in [0.1, 0.15) is 12.6 Å². The van der Waals surface area contributed by atoms with E-state index in [1.807, 2.05) is 0 Å². The summed E-state index contributed by atoms with van der Waals surface area (Å²) in [6.07, 6.45) is -0.814. The van der Waals surface area contributed by atoms with Crippen LogP contribution in [0.25, 0.3) is 0 Å². The monoisotopic (exact) mass is 535 g/mol. The molecule has 0 saturated carbocycles. The largest absolute Gasteiger partial charge is 0.444 e. The van der Waals surface area contributed by atoms with E-state index in [1.165, 1.54) is 31.2 Å². The number of nitrogens with one attached hydrogen (secondary N) is 1. The van der Waals surface area contributed by atoms with Gasteiger partial charge >= 0.3 is 6.09 Å². The average molecular weight is 536 g/mol. The lowest BCUT2D eigenvalue weighted by Crippen LogP contribution is -2.55. The lowest BCUT2D eigenvalue weighted by molar-refractivity contribution is -0.384. The van der Waals surface area contributed by atoms with Gasteiger partial charge < -0.3 is 27.3 Å². The van der Waals surface area contributed by atoms with Crippen molar-refractivity contribution in [1.29, 1.82) is 0 Å². The van der Waals surface area contributed by atoms with Crippen LogP contribution < -0.4 is 22.5 Å². The van der Waals surface area contributed by atoms with Crippen molar-refractivity contribution in [3.8, 4) is 0 Å². The van der Waals surface area contributed by atoms with E-state index < -0.39 is 34.9 Å². The first-order chi connectivity index (χ1) is 17.1. The summed E-state index contributed by atoms with van der Waals surface area (Å²) in [6, 6.07) is 11.4. The fourth-order valence-corrected chi connectivity index (χ4v) is 3.14. The quantitative estimate of drug-likeness (QED) is 0.109. The summed E-state index contributed by atoms with van der Waals surface area (Å²) in [5.74, 6) is -1.69. The zero-order chi connectivity index (χ0) is 26.7. The Hall–Kier alpha value is -4.23. The molecule has 0 aliphatic carbocycles. The fourth-order valence-electron chi connectivity index (χ4n) is 3.14. The van der Waals surface area contributed by atoms with Gasteiger partial charge in [-0.25, -0.2) is 9.69 Å². The number of aliphatic imine (C=N–C) groups is 1. The molecule has 2 atom stereocenters. The first-order valence-corrected chi connectivity index (χ1v) is 11.0. The van der Waals surface area contributed by atoms with Gasteiger partial charge in [-0.1, -0.05) is 30.3 Å². The molecule has 3 amide bonds. The van der Waals surface area contributed by atoms with Crippen molar-refractivity contribution in [1.82, 2.24) is 4.90 Å². The normalized spacial score (nSPS) is 11.7. The first-order valence-electron chi connectivity index (χ1n) is 11.0. The van der Waals surface area contributed by atoms with Gasteiger partial charge in [0.05, 0.1) is 11.0 Å². The highest BCUT2D eigenvalue weighted by atomic mass is 35.5. The number of nitro groups is 1. The predicted octanol–water partition coefficient (Wildman–Crippen LogP) is 1.89. The Labute approximate surface area is 219 Å². The Morgan fingerprint density at radius 2 is 1.73 bits per heavy atom. The summed E-state index contributed by atoms with van der Waals surface area (Å²) in [5.41, 5.74) is 17.2. The van der Waals surface area contributed by atoms with Crippen LogP contribution in [0.3, 0.4) is 0 Å². The minimum atomic E-state index is -1.32. The van der Waals surface area contributed by atoms with E-state index >= 15 is 0 Å². The Balaban J connectivity index is 0.00000684. The summed E-state index contributed by atoms with van der Waals surface area (Å²) in [4.78, 5) is 54.0. The second kappa shape index (κ2) is 15.0. The molecule has 0 radical (unpaired) electrons. The number of nitro benzene ring substituents is 1. The molecule has 200 valence electrons. The van der Waals surface area contributed by atoms with Crippen molar-refractivity contribution >= 4 is 47.6 Å². The molecular weight excluding hydrogens is 506 g/mol. The van der Waals surface area contributed by atoms with Gasteiger partial charge in [-0.05, 0) is 37.5 Å². The Morgan fingerprint density at radius 3 is 2.27 bits per heavy atom. The standard InChI is InChI=1S/C23H29N7O6.ClH/c1-15(24)21(32)29(23(33)36-14-16-6-3-2-4-7-16)19(8-5-13-27-22(25)26)20(31)28-17-9-11-18(12-10-17)30(34)35;/h2-4,6-7,9-12,15,19H,5,8,13-14,24H2,1H3,(H,28,31)(H4,25,26,27);1H/t15-,19-;/m0./s1. The fraction of sp³-hybridized carbons (Fsp3) is 0.304. The second-order valence-corrected chi connectivity index (χ2v) is 7.79. The van der Waals surface area contributed by atoms with Crippen LogP contribution >= 0.6 is 12.4 Å². The Morgan fingerprint density at radius 1 is 1.11 bits per heavy atom. The van der Waals surface area contributed by atoms with Crippen LogP contribution in [0, 0.1) is 10.1 Å². The van der Waals surface area contributed by atoms with E-state index in [1.54, 1.807) is 30.3 Å². The van der Waals surface area contributed by atoms with Crippen LogP contribution in [0.2, 0.25) is 0 Å². The minimum absolute atomic E-state index is 0. The number of nitrogens with two attached hydrogens (primary N) is 3. The van der Waals surface area contributed by atoms with Gasteiger partial charge in [-0.3, -0.25) is 24.7 Å². The number of ether oxygens (including phenoxy) is 1. The minimum Gasteiger partial charge on any atom is -0.444 e. The highest BCUT2D eigenvalue weighted by molar-refractivity contribution is 6.03. The topological polar surface area (TPSA) is 209 Å². The Kier molecular flexibility index (Phi) is 12.5. The maximum atomic E-state index is 13.2. The molecule has 0 fully saturated rings. The van der Waals surface area contributed by atoms with Gasteiger partial charge in [-0.2, -0.15) is 0 Å². The van der Waals surface area contributed by atoms with Gasteiger partial charge in [-0.15, -0.1) is 12.4 Å². The number of imide groups is 1. The number of carbonyl (C=O) groups excluding carboxylic acids is 3. The van der Waals surface area contributed by atoms with Crippen molar-refractivity contribution in [2.75, 3.05) is 11.9 Å². The number of carbonyl (C=O) groups is 3. The number of guanidine groups is 1. The number of non-ortho nitro benzene ring substituents is 1. The molecule has 0 aromatic heterocycles. The lowest BCUT2D eigenvalue weighted by atomic mass is 10.1. The average Bonchev–Trinajstić information content (AvgIpc) is 2.84. The molecule has 37 heavy (non-hydrogen) atoms. The van der Waals surface area contributed by atoms with Gasteiger partial charge in [0.2, 0.25) is 11.8 Å². The Bertz CT molecular complexity index is 1090. The summed E-state index contributed by atoms with van der Waals surface area (Å²) < 4.78 is 5.32. The molecule has 0 aliphatic heterocycles. The van der Waals surface area contributed by atoms with E-state index in [0.717, 1.165) is 0 Å². The first kappa shape index (κ1) is 30.8. The van der Waals surface area contributed by atoms with Crippen molar-refractivity contribution in [2.24, 2.45) is 22.2 Å². The number of amides is 3. The summed E-state index contributed by atoms with van der Waals surface area (Å²) in [5, 5.41) is 13.5. The SMILES string of the molecule is C[C@H](N)C(=O)N(C(=O)OCc1ccccc1)[C@@H](CCCN=C(N)N)C(=O)Nc1ccc([N+](=O)[O-])cc1.Cl.